The molecule has 0 aromatic heterocycles. The van der Waals surface area contributed by atoms with Crippen LogP contribution in [0.4, 0.5) is 4.79 Å². The zero-order valence-corrected chi connectivity index (χ0v) is 9.29. The Morgan fingerprint density at radius 3 is 2.50 bits per heavy atom. The first-order chi connectivity index (χ1) is 6.66. The maximum absolute atomic E-state index is 10.1. The van der Waals surface area contributed by atoms with E-state index in [1.54, 1.807) is 0 Å². The maximum atomic E-state index is 10.1. The molecule has 0 aliphatic rings. The number of rotatable bonds is 8. The molecule has 1 atom stereocenters. The summed E-state index contributed by atoms with van der Waals surface area (Å²) in [6.45, 7) is 4.56. The fourth-order valence-corrected chi connectivity index (χ4v) is 1.39. The van der Waals surface area contributed by atoms with E-state index in [0.717, 1.165) is 6.42 Å². The van der Waals surface area contributed by atoms with Crippen LogP contribution in [0.25, 0.3) is 0 Å². The van der Waals surface area contributed by atoms with Crippen molar-refractivity contribution in [2.45, 2.75) is 52.4 Å². The summed E-state index contributed by atoms with van der Waals surface area (Å²) < 4.78 is 4.50. The van der Waals surface area contributed by atoms with Gasteiger partial charge in [0.15, 0.2) is 0 Å². The summed E-state index contributed by atoms with van der Waals surface area (Å²) in [5.74, 6) is 0.354. The van der Waals surface area contributed by atoms with Gasteiger partial charge in [-0.3, -0.25) is 0 Å². The Bertz CT molecular complexity index is 145. The Morgan fingerprint density at radius 2 is 1.93 bits per heavy atom. The summed E-state index contributed by atoms with van der Waals surface area (Å²) in [4.78, 5) is 10.1. The summed E-state index contributed by atoms with van der Waals surface area (Å²) in [5, 5.41) is 8.28. The average molecular weight is 202 g/mol. The zero-order chi connectivity index (χ0) is 10.8. The normalized spacial score (nSPS) is 12.4. The number of hydrogen-bond donors (Lipinski definition) is 1. The van der Waals surface area contributed by atoms with E-state index >= 15 is 0 Å². The minimum Gasteiger partial charge on any atom is -0.450 e. The molecule has 1 unspecified atom stereocenters. The van der Waals surface area contributed by atoms with Gasteiger partial charge in [-0.25, -0.2) is 4.79 Å². The van der Waals surface area contributed by atoms with Crippen LogP contribution in [-0.4, -0.2) is 17.9 Å². The Kier molecular flexibility index (Phi) is 8.39. The van der Waals surface area contributed by atoms with Crippen LogP contribution in [0, 0.1) is 5.92 Å². The molecule has 0 saturated carbocycles. The van der Waals surface area contributed by atoms with Crippen LogP contribution in [0.5, 0.6) is 0 Å². The highest BCUT2D eigenvalue weighted by molar-refractivity contribution is 5.56. The van der Waals surface area contributed by atoms with Gasteiger partial charge >= 0.3 is 6.16 Å². The summed E-state index contributed by atoms with van der Waals surface area (Å²) in [7, 11) is 0. The van der Waals surface area contributed by atoms with Crippen molar-refractivity contribution in [3.8, 4) is 0 Å². The van der Waals surface area contributed by atoms with E-state index in [4.69, 9.17) is 5.11 Å². The topological polar surface area (TPSA) is 46.5 Å². The standard InChI is InChI=1S/C11H22O3/c1-3-4-5-6-7-8-10(2)9-14-11(12)13/h10H,3-9H2,1-2H3,(H,12,13). The second-order valence-electron chi connectivity index (χ2n) is 3.88. The molecule has 0 spiro atoms. The molecule has 0 aromatic rings. The summed E-state index contributed by atoms with van der Waals surface area (Å²) in [6, 6.07) is 0. The van der Waals surface area contributed by atoms with Crippen molar-refractivity contribution in [2.24, 2.45) is 5.92 Å². The van der Waals surface area contributed by atoms with Gasteiger partial charge in [0.2, 0.25) is 0 Å². The van der Waals surface area contributed by atoms with Gasteiger partial charge in [-0.2, -0.15) is 0 Å². The molecule has 0 aliphatic carbocycles. The fraction of sp³-hybridized carbons (Fsp3) is 0.909. The van der Waals surface area contributed by atoms with Crippen molar-refractivity contribution in [3.05, 3.63) is 0 Å². The highest BCUT2D eigenvalue weighted by atomic mass is 16.7. The molecule has 0 fully saturated rings. The number of unbranched alkanes of at least 4 members (excludes halogenated alkanes) is 4. The van der Waals surface area contributed by atoms with Crippen LogP contribution in [0.15, 0.2) is 0 Å². The average Bonchev–Trinajstić information content (AvgIpc) is 2.14. The van der Waals surface area contributed by atoms with E-state index in [1.165, 1.54) is 32.1 Å². The van der Waals surface area contributed by atoms with Crippen LogP contribution in [0.1, 0.15) is 52.4 Å². The number of carboxylic acid groups (broad SMARTS) is 1. The molecule has 0 saturated heterocycles. The second-order valence-corrected chi connectivity index (χ2v) is 3.88. The van der Waals surface area contributed by atoms with Crippen LogP contribution in [-0.2, 0) is 4.74 Å². The lowest BCUT2D eigenvalue weighted by Gasteiger charge is -2.09. The van der Waals surface area contributed by atoms with E-state index < -0.39 is 6.16 Å². The van der Waals surface area contributed by atoms with E-state index in [0.29, 0.717) is 12.5 Å². The predicted octanol–water partition coefficient (Wildman–Crippen LogP) is 3.68. The summed E-state index contributed by atoms with van der Waals surface area (Å²) in [6.07, 6.45) is 6.20. The third-order valence-corrected chi connectivity index (χ3v) is 2.29. The van der Waals surface area contributed by atoms with Crippen LogP contribution >= 0.6 is 0 Å². The number of carbonyl (C=O) groups is 1. The molecule has 84 valence electrons. The van der Waals surface area contributed by atoms with Crippen molar-refractivity contribution in [1.29, 1.82) is 0 Å². The minimum absolute atomic E-state index is 0.336. The molecule has 0 aromatic carbocycles. The van der Waals surface area contributed by atoms with Crippen molar-refractivity contribution in [2.75, 3.05) is 6.61 Å². The third-order valence-electron chi connectivity index (χ3n) is 2.29. The fourth-order valence-electron chi connectivity index (χ4n) is 1.39. The van der Waals surface area contributed by atoms with Gasteiger partial charge in [-0.05, 0) is 12.3 Å². The van der Waals surface area contributed by atoms with Crippen molar-refractivity contribution in [3.63, 3.8) is 0 Å². The molecule has 3 nitrogen and oxygen atoms in total. The van der Waals surface area contributed by atoms with E-state index in [-0.39, 0.29) is 0 Å². The number of hydrogen-bond acceptors (Lipinski definition) is 2. The molecule has 0 rings (SSSR count). The molecule has 0 aliphatic heterocycles. The minimum atomic E-state index is -1.16. The lowest BCUT2D eigenvalue weighted by atomic mass is 10.0. The Morgan fingerprint density at radius 1 is 1.29 bits per heavy atom. The lowest BCUT2D eigenvalue weighted by molar-refractivity contribution is 0.0776. The molecule has 14 heavy (non-hydrogen) atoms. The van der Waals surface area contributed by atoms with Gasteiger partial charge in [0, 0.05) is 0 Å². The zero-order valence-electron chi connectivity index (χ0n) is 9.29. The monoisotopic (exact) mass is 202 g/mol. The van der Waals surface area contributed by atoms with Gasteiger partial charge in [0.25, 0.3) is 0 Å². The van der Waals surface area contributed by atoms with Crippen LogP contribution in [0.3, 0.4) is 0 Å². The van der Waals surface area contributed by atoms with Gasteiger partial charge in [0.1, 0.15) is 0 Å². The second kappa shape index (κ2) is 8.85. The first kappa shape index (κ1) is 13.3. The van der Waals surface area contributed by atoms with Gasteiger partial charge < -0.3 is 9.84 Å². The summed E-state index contributed by atoms with van der Waals surface area (Å²) in [5.41, 5.74) is 0. The predicted molar refractivity (Wildman–Crippen MR) is 56.5 cm³/mol. The van der Waals surface area contributed by atoms with Crippen molar-refractivity contribution >= 4 is 6.16 Å². The molecule has 0 bridgehead atoms. The Hall–Kier alpha value is -0.730. The molecular formula is C11H22O3. The Labute approximate surface area is 86.5 Å². The molecular weight excluding hydrogens is 180 g/mol. The van der Waals surface area contributed by atoms with E-state index in [1.807, 2.05) is 6.92 Å². The molecule has 0 heterocycles. The maximum Gasteiger partial charge on any atom is 0.505 e. The van der Waals surface area contributed by atoms with E-state index in [2.05, 4.69) is 11.7 Å². The van der Waals surface area contributed by atoms with Crippen molar-refractivity contribution < 1.29 is 14.6 Å². The van der Waals surface area contributed by atoms with Gasteiger partial charge in [-0.1, -0.05) is 46.0 Å². The Balaban J connectivity index is 3.18. The summed E-state index contributed by atoms with van der Waals surface area (Å²) >= 11 is 0. The smallest absolute Gasteiger partial charge is 0.450 e. The first-order valence-electron chi connectivity index (χ1n) is 5.52. The van der Waals surface area contributed by atoms with Gasteiger partial charge in [-0.15, -0.1) is 0 Å². The van der Waals surface area contributed by atoms with Crippen molar-refractivity contribution in [1.82, 2.24) is 0 Å². The van der Waals surface area contributed by atoms with E-state index in [9.17, 15) is 4.79 Å². The molecule has 3 heteroatoms. The highest BCUT2D eigenvalue weighted by Gasteiger charge is 2.04. The lowest BCUT2D eigenvalue weighted by Crippen LogP contribution is -2.09. The van der Waals surface area contributed by atoms with Crippen LogP contribution < -0.4 is 0 Å². The molecule has 1 N–H and O–H groups in total. The third kappa shape index (κ3) is 9.36. The molecule has 0 amide bonds. The highest BCUT2D eigenvalue weighted by Crippen LogP contribution is 2.11. The van der Waals surface area contributed by atoms with Crippen LogP contribution in [0.2, 0.25) is 0 Å². The number of ether oxygens (including phenoxy) is 1. The SMILES string of the molecule is CCCCCCCC(C)COC(=O)O. The molecule has 0 radical (unpaired) electrons. The van der Waals surface area contributed by atoms with Gasteiger partial charge in [0.05, 0.1) is 6.61 Å². The quantitative estimate of drug-likeness (QED) is 0.482. The first-order valence-corrected chi connectivity index (χ1v) is 5.52. The largest absolute Gasteiger partial charge is 0.505 e.